The summed E-state index contributed by atoms with van der Waals surface area (Å²) in [5.41, 5.74) is 2.48. The van der Waals surface area contributed by atoms with Gasteiger partial charge in [-0.25, -0.2) is 4.79 Å². The largest absolute Gasteiger partial charge is 0.504 e. The van der Waals surface area contributed by atoms with E-state index in [1.54, 1.807) is 0 Å². The van der Waals surface area contributed by atoms with Crippen molar-refractivity contribution >= 4 is 5.97 Å². The SMILES string of the molecule is COC(=O)c1cc(O)c(O)c2c1[C@]1(C)CCC3C(C)(C)CCC[C@]3(C)[C@H]1CC2. The highest BCUT2D eigenvalue weighted by atomic mass is 16.5. The van der Waals surface area contributed by atoms with Crippen molar-refractivity contribution in [2.75, 3.05) is 7.11 Å². The minimum absolute atomic E-state index is 0.0569. The maximum Gasteiger partial charge on any atom is 0.338 e. The Labute approximate surface area is 168 Å². The van der Waals surface area contributed by atoms with Crippen molar-refractivity contribution in [1.82, 2.24) is 0 Å². The quantitative estimate of drug-likeness (QED) is 0.506. The fraction of sp³-hybridized carbons (Fsp3) is 0.708. The van der Waals surface area contributed by atoms with Gasteiger partial charge in [-0.15, -0.1) is 0 Å². The number of hydrogen-bond acceptors (Lipinski definition) is 4. The Kier molecular flexibility index (Phi) is 4.30. The van der Waals surface area contributed by atoms with E-state index in [-0.39, 0.29) is 22.3 Å². The zero-order chi connectivity index (χ0) is 20.5. The van der Waals surface area contributed by atoms with E-state index in [9.17, 15) is 15.0 Å². The van der Waals surface area contributed by atoms with Crippen LogP contribution < -0.4 is 0 Å². The zero-order valence-corrected chi connectivity index (χ0v) is 17.9. The Bertz CT molecular complexity index is 826. The van der Waals surface area contributed by atoms with Crippen molar-refractivity contribution in [3.05, 3.63) is 22.8 Å². The third kappa shape index (κ3) is 2.45. The molecule has 4 rings (SSSR count). The molecule has 0 radical (unpaired) electrons. The summed E-state index contributed by atoms with van der Waals surface area (Å²) in [6.45, 7) is 9.61. The van der Waals surface area contributed by atoms with Crippen LogP contribution in [0, 0.1) is 22.7 Å². The normalized spacial score (nSPS) is 36.0. The van der Waals surface area contributed by atoms with Gasteiger partial charge in [0.05, 0.1) is 12.7 Å². The molecule has 2 N–H and O–H groups in total. The lowest BCUT2D eigenvalue weighted by molar-refractivity contribution is -0.110. The molecule has 2 fully saturated rings. The lowest BCUT2D eigenvalue weighted by atomic mass is 9.40. The minimum atomic E-state index is -0.426. The molecule has 28 heavy (non-hydrogen) atoms. The Morgan fingerprint density at radius 2 is 1.79 bits per heavy atom. The summed E-state index contributed by atoms with van der Waals surface area (Å²) in [5, 5.41) is 20.8. The summed E-state index contributed by atoms with van der Waals surface area (Å²) in [7, 11) is 1.38. The third-order valence-corrected chi connectivity index (χ3v) is 8.83. The molecule has 0 bridgehead atoms. The standard InChI is InChI=1S/C24H34O4/c1-22(2)10-6-11-23(3)17(22)9-12-24(4)18(23)8-7-14-19(24)15(21(27)28-5)13-16(25)20(14)26/h13,17-18,25-26H,6-12H2,1-5H3/t17?,18-,23+,24-/m1/s1. The van der Waals surface area contributed by atoms with Gasteiger partial charge in [-0.2, -0.15) is 0 Å². The highest BCUT2D eigenvalue weighted by molar-refractivity contribution is 5.93. The molecule has 0 heterocycles. The second-order valence-electron chi connectivity index (χ2n) is 10.6. The van der Waals surface area contributed by atoms with Crippen LogP contribution in [0.1, 0.15) is 87.7 Å². The molecule has 3 aliphatic rings. The molecular formula is C24H34O4. The number of hydrogen-bond donors (Lipinski definition) is 2. The summed E-state index contributed by atoms with van der Waals surface area (Å²) in [5.74, 6) is 0.432. The number of carbonyl (C=O) groups is 1. The Hall–Kier alpha value is -1.71. The van der Waals surface area contributed by atoms with Gasteiger partial charge in [0.1, 0.15) is 0 Å². The van der Waals surface area contributed by atoms with E-state index in [1.807, 2.05) is 0 Å². The number of rotatable bonds is 1. The van der Waals surface area contributed by atoms with Crippen LogP contribution >= 0.6 is 0 Å². The Balaban J connectivity index is 1.91. The summed E-state index contributed by atoms with van der Waals surface area (Å²) in [6, 6.07) is 1.41. The summed E-state index contributed by atoms with van der Waals surface area (Å²) in [4.78, 5) is 12.6. The van der Waals surface area contributed by atoms with Gasteiger partial charge in [0, 0.05) is 5.56 Å². The zero-order valence-electron chi connectivity index (χ0n) is 17.9. The van der Waals surface area contributed by atoms with E-state index in [2.05, 4.69) is 27.7 Å². The van der Waals surface area contributed by atoms with Crippen LogP contribution in [-0.4, -0.2) is 23.3 Å². The van der Waals surface area contributed by atoms with E-state index in [1.165, 1.54) is 32.4 Å². The molecule has 0 aromatic heterocycles. The second-order valence-corrected chi connectivity index (χ2v) is 10.6. The van der Waals surface area contributed by atoms with Crippen LogP contribution in [-0.2, 0) is 16.6 Å². The fourth-order valence-electron chi connectivity index (χ4n) is 7.77. The third-order valence-electron chi connectivity index (χ3n) is 8.83. The van der Waals surface area contributed by atoms with Crippen molar-refractivity contribution < 1.29 is 19.7 Å². The highest BCUT2D eigenvalue weighted by Crippen LogP contribution is 2.67. The number of methoxy groups -OCH3 is 1. The molecule has 4 atom stereocenters. The number of aromatic hydroxyl groups is 2. The maximum absolute atomic E-state index is 12.6. The Morgan fingerprint density at radius 1 is 1.07 bits per heavy atom. The maximum atomic E-state index is 12.6. The smallest absolute Gasteiger partial charge is 0.338 e. The van der Waals surface area contributed by atoms with Crippen LogP contribution in [0.2, 0.25) is 0 Å². The van der Waals surface area contributed by atoms with E-state index >= 15 is 0 Å². The van der Waals surface area contributed by atoms with Gasteiger partial charge in [0.2, 0.25) is 0 Å². The predicted molar refractivity (Wildman–Crippen MR) is 109 cm³/mol. The second kappa shape index (κ2) is 6.14. The molecule has 1 aromatic rings. The van der Waals surface area contributed by atoms with Crippen molar-refractivity contribution in [2.24, 2.45) is 22.7 Å². The first-order chi connectivity index (χ1) is 13.1. The molecule has 2 saturated carbocycles. The van der Waals surface area contributed by atoms with E-state index in [4.69, 9.17) is 4.74 Å². The molecule has 1 aromatic carbocycles. The average Bonchev–Trinajstić information content (AvgIpc) is 2.62. The number of phenols is 2. The van der Waals surface area contributed by atoms with Crippen LogP contribution in [0.3, 0.4) is 0 Å². The van der Waals surface area contributed by atoms with Crippen LogP contribution in [0.25, 0.3) is 0 Å². The number of benzene rings is 1. The molecule has 0 amide bonds. The lowest BCUT2D eigenvalue weighted by Gasteiger charge is -2.64. The van der Waals surface area contributed by atoms with Gasteiger partial charge in [0.15, 0.2) is 11.5 Å². The fourth-order valence-corrected chi connectivity index (χ4v) is 7.77. The molecule has 4 nitrogen and oxygen atoms in total. The molecule has 154 valence electrons. The van der Waals surface area contributed by atoms with Gasteiger partial charge >= 0.3 is 5.97 Å². The number of carbonyl (C=O) groups excluding carboxylic acids is 1. The van der Waals surface area contributed by atoms with Crippen LogP contribution in [0.15, 0.2) is 6.07 Å². The van der Waals surface area contributed by atoms with Gasteiger partial charge in [-0.05, 0) is 78.2 Å². The monoisotopic (exact) mass is 386 g/mol. The van der Waals surface area contributed by atoms with Gasteiger partial charge in [-0.3, -0.25) is 0 Å². The topological polar surface area (TPSA) is 66.8 Å². The molecule has 1 unspecified atom stereocenters. The minimum Gasteiger partial charge on any atom is -0.504 e. The van der Waals surface area contributed by atoms with E-state index in [0.29, 0.717) is 29.2 Å². The van der Waals surface area contributed by atoms with E-state index in [0.717, 1.165) is 30.4 Å². The summed E-state index contributed by atoms with van der Waals surface area (Å²) in [6.07, 6.45) is 7.60. The molecule has 0 saturated heterocycles. The summed E-state index contributed by atoms with van der Waals surface area (Å²) >= 11 is 0. The van der Waals surface area contributed by atoms with Crippen molar-refractivity contribution in [3.63, 3.8) is 0 Å². The number of esters is 1. The lowest BCUT2D eigenvalue weighted by Crippen LogP contribution is -2.58. The van der Waals surface area contributed by atoms with Crippen molar-refractivity contribution in [2.45, 2.75) is 78.1 Å². The van der Waals surface area contributed by atoms with Crippen molar-refractivity contribution in [3.8, 4) is 11.5 Å². The van der Waals surface area contributed by atoms with Gasteiger partial charge < -0.3 is 14.9 Å². The summed E-state index contributed by atoms with van der Waals surface area (Å²) < 4.78 is 5.06. The molecule has 3 aliphatic carbocycles. The van der Waals surface area contributed by atoms with Crippen molar-refractivity contribution in [1.29, 1.82) is 0 Å². The first-order valence-corrected chi connectivity index (χ1v) is 10.7. The average molecular weight is 387 g/mol. The number of phenolic OH excluding ortho intramolecular Hbond substituents is 2. The first kappa shape index (κ1) is 19.6. The van der Waals surface area contributed by atoms with Crippen LogP contribution in [0.4, 0.5) is 0 Å². The number of fused-ring (bicyclic) bond motifs is 5. The Morgan fingerprint density at radius 3 is 2.46 bits per heavy atom. The van der Waals surface area contributed by atoms with Gasteiger partial charge in [-0.1, -0.05) is 34.1 Å². The molecule has 0 aliphatic heterocycles. The highest BCUT2D eigenvalue weighted by Gasteiger charge is 2.60. The molecular weight excluding hydrogens is 352 g/mol. The van der Waals surface area contributed by atoms with Crippen LogP contribution in [0.5, 0.6) is 11.5 Å². The number of ether oxygens (including phenoxy) is 1. The van der Waals surface area contributed by atoms with E-state index < -0.39 is 5.97 Å². The molecule has 0 spiro atoms. The molecule has 4 heteroatoms. The van der Waals surface area contributed by atoms with Gasteiger partial charge in [0.25, 0.3) is 0 Å². The predicted octanol–water partition coefficient (Wildman–Crippen LogP) is 5.33. The first-order valence-electron chi connectivity index (χ1n) is 10.7.